The zero-order valence-electron chi connectivity index (χ0n) is 3.08. The number of ether oxygens (including phenoxy) is 1. The molecule has 1 heterocycles. The number of hydrogen-bond acceptors (Lipinski definition) is 1. The average Bonchev–Trinajstić information content (AvgIpc) is 1.32. The van der Waals surface area contributed by atoms with E-state index in [0.29, 0.717) is 6.61 Å². The van der Waals surface area contributed by atoms with Crippen molar-refractivity contribution in [3.05, 3.63) is 0 Å². The molecule has 0 aromatic heterocycles. The van der Waals surface area contributed by atoms with E-state index in [1.807, 2.05) is 0 Å². The van der Waals surface area contributed by atoms with Crippen LogP contribution < -0.4 is 0 Å². The molecule has 0 radical (unpaired) electrons. The van der Waals surface area contributed by atoms with Gasteiger partial charge < -0.3 is 4.74 Å². The largest absolute Gasteiger partial charge is 0.346 e. The van der Waals surface area contributed by atoms with Crippen LogP contribution in [-0.2, 0) is 4.74 Å². The summed E-state index contributed by atoms with van der Waals surface area (Å²) in [6.45, 7) is 0.701. The monoisotopic (exact) mass is 126 g/mol. The average molecular weight is 127 g/mol. The van der Waals surface area contributed by atoms with E-state index in [2.05, 4.69) is 4.74 Å². The topological polar surface area (TPSA) is 9.23 Å². The molecule has 0 aromatic rings. The fourth-order valence-corrected chi connectivity index (χ4v) is 0.565. The maximum atomic E-state index is 5.35. The van der Waals surface area contributed by atoms with E-state index in [9.17, 15) is 0 Å². The fraction of sp³-hybridized carbons (Fsp3) is 1.00. The molecular formula is C3H4Cl2O. The molecule has 0 spiro atoms. The van der Waals surface area contributed by atoms with Crippen LogP contribution in [0.5, 0.6) is 0 Å². The maximum Gasteiger partial charge on any atom is 0.219 e. The Labute approximate surface area is 46.2 Å². The number of rotatable bonds is 0. The van der Waals surface area contributed by atoms with Crippen molar-refractivity contribution in [2.75, 3.05) is 6.61 Å². The summed E-state index contributed by atoms with van der Waals surface area (Å²) in [6.07, 6.45) is 0.760. The number of alkyl halides is 2. The molecule has 1 rings (SSSR count). The highest BCUT2D eigenvalue weighted by Gasteiger charge is 2.32. The second-order valence-corrected chi connectivity index (χ2v) is 2.65. The molecule has 1 aliphatic rings. The van der Waals surface area contributed by atoms with Gasteiger partial charge in [0.2, 0.25) is 4.52 Å². The smallest absolute Gasteiger partial charge is 0.219 e. The third-order valence-electron chi connectivity index (χ3n) is 0.706. The minimum atomic E-state index is -0.833. The minimum Gasteiger partial charge on any atom is -0.346 e. The van der Waals surface area contributed by atoms with E-state index in [1.54, 1.807) is 0 Å². The molecule has 1 nitrogen and oxygen atoms in total. The summed E-state index contributed by atoms with van der Waals surface area (Å²) < 4.78 is 3.82. The van der Waals surface area contributed by atoms with Crippen molar-refractivity contribution in [3.63, 3.8) is 0 Å². The Morgan fingerprint density at radius 2 is 1.83 bits per heavy atom. The van der Waals surface area contributed by atoms with Crippen molar-refractivity contribution in [1.82, 2.24) is 0 Å². The summed E-state index contributed by atoms with van der Waals surface area (Å²) >= 11 is 10.7. The Morgan fingerprint density at radius 1 is 1.50 bits per heavy atom. The first kappa shape index (κ1) is 4.69. The highest BCUT2D eigenvalue weighted by molar-refractivity contribution is 6.47. The summed E-state index contributed by atoms with van der Waals surface area (Å²) in [5.41, 5.74) is 0. The van der Waals surface area contributed by atoms with Gasteiger partial charge in [-0.1, -0.05) is 23.2 Å². The van der Waals surface area contributed by atoms with Crippen molar-refractivity contribution >= 4 is 23.2 Å². The molecule has 36 valence electrons. The summed E-state index contributed by atoms with van der Waals surface area (Å²) in [7, 11) is 0. The van der Waals surface area contributed by atoms with Crippen molar-refractivity contribution in [2.45, 2.75) is 10.9 Å². The molecule has 1 saturated heterocycles. The van der Waals surface area contributed by atoms with Crippen molar-refractivity contribution in [3.8, 4) is 0 Å². The Bertz CT molecular complexity index is 55.8. The summed E-state index contributed by atoms with van der Waals surface area (Å²) in [5.74, 6) is 0. The molecule has 3 heteroatoms. The minimum absolute atomic E-state index is 0.701. The second-order valence-electron chi connectivity index (χ2n) is 1.24. The quantitative estimate of drug-likeness (QED) is 0.448. The van der Waals surface area contributed by atoms with Crippen LogP contribution in [0.2, 0.25) is 0 Å². The van der Waals surface area contributed by atoms with Gasteiger partial charge in [-0.3, -0.25) is 0 Å². The number of hydrogen-bond donors (Lipinski definition) is 0. The molecule has 0 amide bonds. The predicted molar refractivity (Wildman–Crippen MR) is 25.0 cm³/mol. The molecular weight excluding hydrogens is 123 g/mol. The Morgan fingerprint density at radius 3 is 1.83 bits per heavy atom. The first-order valence-corrected chi connectivity index (χ1v) is 2.48. The molecule has 6 heavy (non-hydrogen) atoms. The Kier molecular flexibility index (Phi) is 0.981. The fourth-order valence-electron chi connectivity index (χ4n) is 0.256. The van der Waals surface area contributed by atoms with Gasteiger partial charge >= 0.3 is 0 Å². The Hall–Kier alpha value is 0.540. The molecule has 0 saturated carbocycles. The molecule has 1 aliphatic heterocycles. The molecule has 0 aliphatic carbocycles. The molecule has 0 bridgehead atoms. The van der Waals surface area contributed by atoms with E-state index >= 15 is 0 Å². The van der Waals surface area contributed by atoms with Gasteiger partial charge in [0.1, 0.15) is 0 Å². The zero-order chi connectivity index (χ0) is 4.62. The first-order chi connectivity index (χ1) is 2.71. The molecule has 0 N–H and O–H groups in total. The lowest BCUT2D eigenvalue weighted by Gasteiger charge is -2.28. The molecule has 0 unspecified atom stereocenters. The maximum absolute atomic E-state index is 5.35. The van der Waals surface area contributed by atoms with Gasteiger partial charge in [0, 0.05) is 6.42 Å². The van der Waals surface area contributed by atoms with E-state index in [-0.39, 0.29) is 0 Å². The Balaban J connectivity index is 2.31. The van der Waals surface area contributed by atoms with Crippen LogP contribution in [-0.4, -0.2) is 11.1 Å². The predicted octanol–water partition coefficient (Wildman–Crippen LogP) is 1.54. The van der Waals surface area contributed by atoms with Gasteiger partial charge in [-0.15, -0.1) is 0 Å². The van der Waals surface area contributed by atoms with Gasteiger partial charge in [0.25, 0.3) is 0 Å². The van der Waals surface area contributed by atoms with Gasteiger partial charge in [-0.2, -0.15) is 0 Å². The molecule has 1 fully saturated rings. The highest BCUT2D eigenvalue weighted by Crippen LogP contribution is 2.34. The molecule has 0 atom stereocenters. The second kappa shape index (κ2) is 1.25. The van der Waals surface area contributed by atoms with Crippen LogP contribution in [0.4, 0.5) is 0 Å². The summed E-state index contributed by atoms with van der Waals surface area (Å²) in [4.78, 5) is 0. The lowest BCUT2D eigenvalue weighted by atomic mass is 10.4. The van der Waals surface area contributed by atoms with Crippen LogP contribution in [0.25, 0.3) is 0 Å². The molecule has 0 aromatic carbocycles. The van der Waals surface area contributed by atoms with E-state index in [1.165, 1.54) is 0 Å². The van der Waals surface area contributed by atoms with Crippen LogP contribution in [0, 0.1) is 0 Å². The summed E-state index contributed by atoms with van der Waals surface area (Å²) in [5, 5.41) is 0. The lowest BCUT2D eigenvalue weighted by Crippen LogP contribution is -2.31. The van der Waals surface area contributed by atoms with Crippen molar-refractivity contribution < 1.29 is 4.74 Å². The van der Waals surface area contributed by atoms with E-state index < -0.39 is 4.52 Å². The standard InChI is InChI=1S/C3H4Cl2O/c4-3(5)1-2-6-3/h1-2H2. The number of halogens is 2. The first-order valence-electron chi connectivity index (χ1n) is 1.72. The van der Waals surface area contributed by atoms with Crippen LogP contribution in [0.1, 0.15) is 6.42 Å². The SMILES string of the molecule is ClC1(Cl)CCO1. The van der Waals surface area contributed by atoms with Crippen LogP contribution in [0.3, 0.4) is 0 Å². The normalized spacial score (nSPS) is 29.0. The van der Waals surface area contributed by atoms with Gasteiger partial charge in [0.05, 0.1) is 6.61 Å². The van der Waals surface area contributed by atoms with Gasteiger partial charge in [-0.05, 0) is 0 Å². The van der Waals surface area contributed by atoms with Crippen molar-refractivity contribution in [2.24, 2.45) is 0 Å². The van der Waals surface area contributed by atoms with E-state index in [0.717, 1.165) is 6.42 Å². The van der Waals surface area contributed by atoms with Crippen LogP contribution in [0.15, 0.2) is 0 Å². The van der Waals surface area contributed by atoms with Gasteiger partial charge in [0.15, 0.2) is 0 Å². The van der Waals surface area contributed by atoms with Crippen molar-refractivity contribution in [1.29, 1.82) is 0 Å². The van der Waals surface area contributed by atoms with E-state index in [4.69, 9.17) is 23.2 Å². The lowest BCUT2D eigenvalue weighted by molar-refractivity contribution is -0.0269. The van der Waals surface area contributed by atoms with Gasteiger partial charge in [-0.25, -0.2) is 0 Å². The third kappa shape index (κ3) is 0.780. The summed E-state index contributed by atoms with van der Waals surface area (Å²) in [6, 6.07) is 0. The third-order valence-corrected chi connectivity index (χ3v) is 1.30. The highest BCUT2D eigenvalue weighted by atomic mass is 35.5. The zero-order valence-corrected chi connectivity index (χ0v) is 4.59. The van der Waals surface area contributed by atoms with Crippen LogP contribution >= 0.6 is 23.2 Å².